The summed E-state index contributed by atoms with van der Waals surface area (Å²) < 4.78 is 0. The van der Waals surface area contributed by atoms with Crippen molar-refractivity contribution in [2.24, 2.45) is 4.99 Å². The summed E-state index contributed by atoms with van der Waals surface area (Å²) in [5.41, 5.74) is 1.40. The molecule has 0 radical (unpaired) electrons. The molecule has 1 aromatic carbocycles. The minimum absolute atomic E-state index is 0. The molecule has 3 N–H and O–H groups in total. The van der Waals surface area contributed by atoms with Crippen LogP contribution >= 0.6 is 24.0 Å². The average Bonchev–Trinajstić information content (AvgIpc) is 2.60. The minimum Gasteiger partial charge on any atom is -0.357 e. The van der Waals surface area contributed by atoms with E-state index in [1.54, 1.807) is 0 Å². The lowest BCUT2D eigenvalue weighted by Gasteiger charge is -2.31. The molecule has 142 valence electrons. The summed E-state index contributed by atoms with van der Waals surface area (Å²) >= 11 is 0. The van der Waals surface area contributed by atoms with Crippen molar-refractivity contribution in [1.29, 1.82) is 0 Å². The maximum atomic E-state index is 10.9. The summed E-state index contributed by atoms with van der Waals surface area (Å²) in [5, 5.41) is 9.32. The number of benzene rings is 1. The van der Waals surface area contributed by atoms with Crippen molar-refractivity contribution in [2.45, 2.75) is 46.0 Å². The van der Waals surface area contributed by atoms with Crippen molar-refractivity contribution in [1.82, 2.24) is 16.0 Å². The first-order valence-electron chi connectivity index (χ1n) is 8.90. The zero-order chi connectivity index (χ0) is 17.8. The quantitative estimate of drug-likeness (QED) is 0.230. The summed E-state index contributed by atoms with van der Waals surface area (Å²) in [5.74, 6) is 0.781. The highest BCUT2D eigenvalue weighted by Gasteiger charge is 2.28. The second-order valence-corrected chi connectivity index (χ2v) is 5.96. The topological polar surface area (TPSA) is 65.5 Å². The van der Waals surface area contributed by atoms with Crippen LogP contribution in [0, 0.1) is 0 Å². The van der Waals surface area contributed by atoms with Crippen LogP contribution in [0.1, 0.15) is 46.1 Å². The van der Waals surface area contributed by atoms with E-state index < -0.39 is 0 Å². The van der Waals surface area contributed by atoms with Gasteiger partial charge in [-0.15, -0.1) is 24.0 Å². The van der Waals surface area contributed by atoms with Crippen LogP contribution in [-0.2, 0) is 10.2 Å². The van der Waals surface area contributed by atoms with E-state index in [4.69, 9.17) is 4.99 Å². The van der Waals surface area contributed by atoms with Gasteiger partial charge in [0, 0.05) is 32.0 Å². The van der Waals surface area contributed by atoms with Crippen molar-refractivity contribution in [2.75, 3.05) is 26.2 Å². The van der Waals surface area contributed by atoms with Gasteiger partial charge in [0.2, 0.25) is 5.91 Å². The molecule has 0 aliphatic heterocycles. The fourth-order valence-corrected chi connectivity index (χ4v) is 2.76. The average molecular weight is 460 g/mol. The van der Waals surface area contributed by atoms with E-state index in [1.165, 1.54) is 12.5 Å². The molecule has 1 amide bonds. The maximum Gasteiger partial charge on any atom is 0.216 e. The van der Waals surface area contributed by atoms with Crippen LogP contribution in [0.2, 0.25) is 0 Å². The first kappa shape index (κ1) is 23.7. The fourth-order valence-electron chi connectivity index (χ4n) is 2.76. The van der Waals surface area contributed by atoms with E-state index >= 15 is 0 Å². The molecule has 0 saturated heterocycles. The number of carbonyl (C=O) groups excluding carboxylic acids is 1. The molecular weight excluding hydrogens is 427 g/mol. The van der Waals surface area contributed by atoms with Gasteiger partial charge < -0.3 is 16.0 Å². The molecular formula is C19H33IN4O. The van der Waals surface area contributed by atoms with Crippen LogP contribution in [0.5, 0.6) is 0 Å². The van der Waals surface area contributed by atoms with Gasteiger partial charge in [0.1, 0.15) is 0 Å². The largest absolute Gasteiger partial charge is 0.357 e. The molecule has 1 rings (SSSR count). The number of hydrogen-bond acceptors (Lipinski definition) is 2. The zero-order valence-corrected chi connectivity index (χ0v) is 18.2. The molecule has 0 saturated carbocycles. The highest BCUT2D eigenvalue weighted by molar-refractivity contribution is 14.0. The first-order chi connectivity index (χ1) is 11.6. The smallest absolute Gasteiger partial charge is 0.216 e. The second kappa shape index (κ2) is 13.0. The highest BCUT2D eigenvalue weighted by Crippen LogP contribution is 2.31. The highest BCUT2D eigenvalue weighted by atomic mass is 127. The number of aliphatic imine (C=N–C) groups is 1. The Morgan fingerprint density at radius 1 is 1.00 bits per heavy atom. The van der Waals surface area contributed by atoms with Gasteiger partial charge in [-0.3, -0.25) is 9.79 Å². The summed E-state index contributed by atoms with van der Waals surface area (Å²) in [6, 6.07) is 10.6. The van der Waals surface area contributed by atoms with Gasteiger partial charge >= 0.3 is 0 Å². The third-order valence-corrected chi connectivity index (χ3v) is 4.42. The van der Waals surface area contributed by atoms with Crippen molar-refractivity contribution >= 4 is 35.8 Å². The molecule has 0 aromatic heterocycles. The van der Waals surface area contributed by atoms with Crippen molar-refractivity contribution in [3.63, 3.8) is 0 Å². The molecule has 0 unspecified atom stereocenters. The number of carbonyl (C=O) groups is 1. The van der Waals surface area contributed by atoms with E-state index in [2.05, 4.69) is 67.1 Å². The van der Waals surface area contributed by atoms with Gasteiger partial charge in [0.05, 0.1) is 6.54 Å². The van der Waals surface area contributed by atoms with Crippen LogP contribution in [0.4, 0.5) is 0 Å². The molecule has 25 heavy (non-hydrogen) atoms. The number of amides is 1. The Balaban J connectivity index is 0.00000576. The minimum atomic E-state index is -0.0150. The van der Waals surface area contributed by atoms with Crippen LogP contribution in [0.25, 0.3) is 0 Å². The summed E-state index contributed by atoms with van der Waals surface area (Å²) in [6.07, 6.45) is 2.09. The maximum absolute atomic E-state index is 10.9. The molecule has 0 bridgehead atoms. The first-order valence-corrected chi connectivity index (χ1v) is 8.90. The van der Waals surface area contributed by atoms with Gasteiger partial charge in [-0.2, -0.15) is 0 Å². The Hall–Kier alpha value is -1.31. The fraction of sp³-hybridized carbons (Fsp3) is 0.579. The van der Waals surface area contributed by atoms with Crippen molar-refractivity contribution in [3.05, 3.63) is 35.9 Å². The van der Waals surface area contributed by atoms with Gasteiger partial charge in [-0.1, -0.05) is 44.2 Å². The lowest BCUT2D eigenvalue weighted by atomic mass is 9.76. The molecule has 0 fully saturated rings. The summed E-state index contributed by atoms with van der Waals surface area (Å²) in [6.45, 7) is 10.8. The standard InChI is InChI=1S/C19H32N4O.HI/c1-5-19(6-2,17-11-9-8-10-12-17)15-23-18(20-7-3)22-14-13-21-16(4)24;/h8-12H,5-7,13-15H2,1-4H3,(H,21,24)(H2,20,22,23);1H. The van der Waals surface area contributed by atoms with Crippen LogP contribution < -0.4 is 16.0 Å². The van der Waals surface area contributed by atoms with Crippen LogP contribution in [0.3, 0.4) is 0 Å². The number of guanidine groups is 1. The Bertz CT molecular complexity index is 515. The third-order valence-electron chi connectivity index (χ3n) is 4.42. The summed E-state index contributed by atoms with van der Waals surface area (Å²) in [4.78, 5) is 15.7. The third kappa shape index (κ3) is 8.07. The van der Waals surface area contributed by atoms with Crippen molar-refractivity contribution in [3.8, 4) is 0 Å². The van der Waals surface area contributed by atoms with Crippen LogP contribution in [-0.4, -0.2) is 38.0 Å². The Morgan fingerprint density at radius 2 is 1.60 bits per heavy atom. The van der Waals surface area contributed by atoms with Crippen LogP contribution in [0.15, 0.2) is 35.3 Å². The predicted molar refractivity (Wildman–Crippen MR) is 117 cm³/mol. The predicted octanol–water partition coefficient (Wildman–Crippen LogP) is 3.05. The number of nitrogens with one attached hydrogen (secondary N) is 3. The lowest BCUT2D eigenvalue weighted by molar-refractivity contribution is -0.118. The lowest BCUT2D eigenvalue weighted by Crippen LogP contribution is -2.42. The SMILES string of the molecule is CCNC(=NCC(CC)(CC)c1ccccc1)NCCNC(C)=O.I. The molecule has 1 aromatic rings. The normalized spacial score (nSPS) is 11.4. The molecule has 0 aliphatic rings. The van der Waals surface area contributed by atoms with Gasteiger partial charge in [0.15, 0.2) is 5.96 Å². The number of nitrogens with zero attached hydrogens (tertiary/aromatic N) is 1. The summed E-state index contributed by atoms with van der Waals surface area (Å²) in [7, 11) is 0. The Kier molecular flexibility index (Phi) is 12.3. The molecule has 0 heterocycles. The molecule has 0 spiro atoms. The van der Waals surface area contributed by atoms with E-state index in [1.807, 2.05) is 0 Å². The number of hydrogen-bond donors (Lipinski definition) is 3. The Labute approximate surface area is 169 Å². The van der Waals surface area contributed by atoms with E-state index in [-0.39, 0.29) is 35.3 Å². The van der Waals surface area contributed by atoms with Crippen molar-refractivity contribution < 1.29 is 4.79 Å². The number of rotatable bonds is 9. The second-order valence-electron chi connectivity index (χ2n) is 5.96. The van der Waals surface area contributed by atoms with Gasteiger partial charge in [-0.05, 0) is 25.3 Å². The molecule has 0 aliphatic carbocycles. The van der Waals surface area contributed by atoms with Gasteiger partial charge in [0.25, 0.3) is 0 Å². The number of halogens is 1. The molecule has 0 atom stereocenters. The van der Waals surface area contributed by atoms with Gasteiger partial charge in [-0.25, -0.2) is 0 Å². The molecule has 6 heteroatoms. The Morgan fingerprint density at radius 3 is 2.12 bits per heavy atom. The zero-order valence-electron chi connectivity index (χ0n) is 15.9. The molecule has 5 nitrogen and oxygen atoms in total. The van der Waals surface area contributed by atoms with E-state index in [0.29, 0.717) is 13.1 Å². The monoisotopic (exact) mass is 460 g/mol. The van der Waals surface area contributed by atoms with E-state index in [9.17, 15) is 4.79 Å². The van der Waals surface area contributed by atoms with E-state index in [0.717, 1.165) is 31.9 Å².